The van der Waals surface area contributed by atoms with Gasteiger partial charge in [-0.2, -0.15) is 0 Å². The third kappa shape index (κ3) is 3.99. The molecule has 1 aromatic heterocycles. The van der Waals surface area contributed by atoms with Crippen LogP contribution in [0.25, 0.3) is 0 Å². The van der Waals surface area contributed by atoms with Crippen molar-refractivity contribution in [2.24, 2.45) is 5.92 Å². The molecule has 0 spiro atoms. The zero-order chi connectivity index (χ0) is 11.2. The normalized spacial score (nSPS) is 15.6. The quantitative estimate of drug-likeness (QED) is 0.683. The van der Waals surface area contributed by atoms with E-state index in [4.69, 9.17) is 4.74 Å². The van der Waals surface area contributed by atoms with Crippen LogP contribution in [0.4, 0.5) is 0 Å². The lowest BCUT2D eigenvalue weighted by molar-refractivity contribution is 0.0692. The van der Waals surface area contributed by atoms with Crippen molar-refractivity contribution >= 4 is 0 Å². The highest BCUT2D eigenvalue weighted by molar-refractivity contribution is 5.09. The Balaban J connectivity index is 1.64. The molecule has 1 aliphatic carbocycles. The molecule has 0 bridgehead atoms. The van der Waals surface area contributed by atoms with Gasteiger partial charge in [0.2, 0.25) is 0 Å². The Morgan fingerprint density at radius 3 is 3.12 bits per heavy atom. The van der Waals surface area contributed by atoms with Crippen LogP contribution in [-0.2, 0) is 18.0 Å². The van der Waals surface area contributed by atoms with Gasteiger partial charge in [0.25, 0.3) is 0 Å². The van der Waals surface area contributed by atoms with Gasteiger partial charge in [0.15, 0.2) is 0 Å². The van der Waals surface area contributed by atoms with Gasteiger partial charge in [-0.05, 0) is 43.4 Å². The minimum atomic E-state index is 0.699. The van der Waals surface area contributed by atoms with Gasteiger partial charge in [-0.25, -0.2) is 0 Å². The summed E-state index contributed by atoms with van der Waals surface area (Å²) in [5.41, 5.74) is 1.34. The summed E-state index contributed by atoms with van der Waals surface area (Å²) >= 11 is 0. The highest BCUT2D eigenvalue weighted by Crippen LogP contribution is 2.28. The third-order valence-corrected chi connectivity index (χ3v) is 2.86. The molecule has 0 saturated heterocycles. The van der Waals surface area contributed by atoms with Crippen LogP contribution in [-0.4, -0.2) is 17.7 Å². The maximum absolute atomic E-state index is 5.63. The molecular weight excluding hydrogens is 200 g/mol. The van der Waals surface area contributed by atoms with Crippen molar-refractivity contribution < 1.29 is 4.74 Å². The van der Waals surface area contributed by atoms with E-state index in [1.165, 1.54) is 24.8 Å². The molecule has 1 N–H and O–H groups in total. The van der Waals surface area contributed by atoms with E-state index in [1.807, 2.05) is 0 Å². The molecule has 0 atom stereocenters. The van der Waals surface area contributed by atoms with Gasteiger partial charge >= 0.3 is 0 Å². The molecule has 1 aliphatic rings. The van der Waals surface area contributed by atoms with Gasteiger partial charge in [-0.1, -0.05) is 6.92 Å². The highest BCUT2D eigenvalue weighted by Gasteiger charge is 2.20. The van der Waals surface area contributed by atoms with E-state index in [0.717, 1.165) is 25.6 Å². The van der Waals surface area contributed by atoms with Gasteiger partial charge < -0.3 is 14.6 Å². The second kappa shape index (κ2) is 6.06. The predicted molar refractivity (Wildman–Crippen MR) is 65.1 cm³/mol. The Bertz CT molecular complexity index is 305. The highest BCUT2D eigenvalue weighted by atomic mass is 16.5. The zero-order valence-corrected chi connectivity index (χ0v) is 10.1. The van der Waals surface area contributed by atoms with Crippen molar-refractivity contribution in [2.45, 2.75) is 39.5 Å². The molecule has 0 radical (unpaired) electrons. The largest absolute Gasteiger partial charge is 0.361 e. The Kier molecular flexibility index (Phi) is 4.43. The Morgan fingerprint density at radius 2 is 2.38 bits per heavy atom. The average Bonchev–Trinajstić information content (AvgIpc) is 2.99. The summed E-state index contributed by atoms with van der Waals surface area (Å²) in [6.45, 7) is 5.86. The summed E-state index contributed by atoms with van der Waals surface area (Å²) in [4.78, 5) is 0. The second-order valence-corrected chi connectivity index (χ2v) is 4.65. The molecule has 16 heavy (non-hydrogen) atoms. The fourth-order valence-corrected chi connectivity index (χ4v) is 1.69. The SMILES string of the molecule is CCCNCc1ccn(COCC2CC2)c1. The number of aromatic nitrogens is 1. The summed E-state index contributed by atoms with van der Waals surface area (Å²) in [7, 11) is 0. The van der Waals surface area contributed by atoms with Crippen molar-refractivity contribution in [1.82, 2.24) is 9.88 Å². The van der Waals surface area contributed by atoms with E-state index < -0.39 is 0 Å². The molecule has 1 fully saturated rings. The molecule has 1 heterocycles. The van der Waals surface area contributed by atoms with Gasteiger partial charge in [0, 0.05) is 18.9 Å². The summed E-state index contributed by atoms with van der Waals surface area (Å²) in [5.74, 6) is 0.848. The van der Waals surface area contributed by atoms with Crippen molar-refractivity contribution in [3.05, 3.63) is 24.0 Å². The van der Waals surface area contributed by atoms with Crippen LogP contribution in [0, 0.1) is 5.92 Å². The van der Waals surface area contributed by atoms with Crippen LogP contribution in [0.15, 0.2) is 18.5 Å². The summed E-state index contributed by atoms with van der Waals surface area (Å²) in [5, 5.41) is 3.39. The lowest BCUT2D eigenvalue weighted by Gasteiger charge is -2.04. The van der Waals surface area contributed by atoms with E-state index in [0.29, 0.717) is 6.73 Å². The van der Waals surface area contributed by atoms with Crippen LogP contribution in [0.3, 0.4) is 0 Å². The molecule has 1 saturated carbocycles. The lowest BCUT2D eigenvalue weighted by Crippen LogP contribution is -2.13. The predicted octanol–water partition coefficient (Wildman–Crippen LogP) is 2.37. The molecule has 2 rings (SSSR count). The molecule has 0 unspecified atom stereocenters. The van der Waals surface area contributed by atoms with Gasteiger partial charge in [-0.15, -0.1) is 0 Å². The molecule has 90 valence electrons. The van der Waals surface area contributed by atoms with Crippen LogP contribution in [0.5, 0.6) is 0 Å². The van der Waals surface area contributed by atoms with Crippen LogP contribution in [0.2, 0.25) is 0 Å². The maximum Gasteiger partial charge on any atom is 0.122 e. The summed E-state index contributed by atoms with van der Waals surface area (Å²) in [6.07, 6.45) is 8.16. The molecule has 0 aromatic carbocycles. The minimum absolute atomic E-state index is 0.699. The fourth-order valence-electron chi connectivity index (χ4n) is 1.69. The smallest absolute Gasteiger partial charge is 0.122 e. The van der Waals surface area contributed by atoms with E-state index in [-0.39, 0.29) is 0 Å². The second-order valence-electron chi connectivity index (χ2n) is 4.65. The van der Waals surface area contributed by atoms with Gasteiger partial charge in [0.05, 0.1) is 6.61 Å². The molecule has 0 amide bonds. The number of nitrogens with one attached hydrogen (secondary N) is 1. The minimum Gasteiger partial charge on any atom is -0.361 e. The lowest BCUT2D eigenvalue weighted by atomic mass is 10.3. The number of hydrogen-bond acceptors (Lipinski definition) is 2. The van der Waals surface area contributed by atoms with E-state index in [1.54, 1.807) is 0 Å². The maximum atomic E-state index is 5.63. The fraction of sp³-hybridized carbons (Fsp3) is 0.692. The monoisotopic (exact) mass is 222 g/mol. The van der Waals surface area contributed by atoms with Crippen molar-refractivity contribution in [2.75, 3.05) is 13.2 Å². The van der Waals surface area contributed by atoms with Crippen molar-refractivity contribution in [1.29, 1.82) is 0 Å². The van der Waals surface area contributed by atoms with E-state index in [9.17, 15) is 0 Å². The van der Waals surface area contributed by atoms with Crippen LogP contribution in [0.1, 0.15) is 31.7 Å². The molecule has 3 heteroatoms. The Hall–Kier alpha value is -0.800. The van der Waals surface area contributed by atoms with E-state index in [2.05, 4.69) is 35.3 Å². The van der Waals surface area contributed by atoms with Crippen molar-refractivity contribution in [3.8, 4) is 0 Å². The Labute approximate surface area is 97.8 Å². The first-order valence-corrected chi connectivity index (χ1v) is 6.31. The molecule has 3 nitrogen and oxygen atoms in total. The Morgan fingerprint density at radius 1 is 1.50 bits per heavy atom. The topological polar surface area (TPSA) is 26.2 Å². The first-order valence-electron chi connectivity index (χ1n) is 6.31. The molecule has 0 aliphatic heterocycles. The standard InChI is InChI=1S/C13H22N2O/c1-2-6-14-8-13-5-7-15(9-13)11-16-10-12-3-4-12/h5,7,9,12,14H,2-4,6,8,10-11H2,1H3. The first kappa shape index (κ1) is 11.7. The summed E-state index contributed by atoms with van der Waals surface area (Å²) in [6, 6.07) is 2.16. The van der Waals surface area contributed by atoms with E-state index >= 15 is 0 Å². The van der Waals surface area contributed by atoms with Gasteiger partial charge in [0.1, 0.15) is 6.73 Å². The number of rotatable bonds is 8. The number of ether oxygens (including phenoxy) is 1. The summed E-state index contributed by atoms with van der Waals surface area (Å²) < 4.78 is 7.74. The third-order valence-electron chi connectivity index (χ3n) is 2.86. The molecular formula is C13H22N2O. The average molecular weight is 222 g/mol. The number of hydrogen-bond donors (Lipinski definition) is 1. The zero-order valence-electron chi connectivity index (χ0n) is 10.1. The van der Waals surface area contributed by atoms with Crippen LogP contribution < -0.4 is 5.32 Å². The molecule has 1 aromatic rings. The van der Waals surface area contributed by atoms with Gasteiger partial charge in [-0.3, -0.25) is 0 Å². The first-order chi connectivity index (χ1) is 7.88. The van der Waals surface area contributed by atoms with Crippen molar-refractivity contribution in [3.63, 3.8) is 0 Å². The van der Waals surface area contributed by atoms with Crippen LogP contribution >= 0.6 is 0 Å². The number of nitrogens with zero attached hydrogens (tertiary/aromatic N) is 1.